The van der Waals surface area contributed by atoms with Crippen LogP contribution in [-0.4, -0.2) is 18.6 Å². The fraction of sp³-hybridized carbons (Fsp3) is 0.455. The first kappa shape index (κ1) is 13.6. The van der Waals surface area contributed by atoms with E-state index >= 15 is 0 Å². The van der Waals surface area contributed by atoms with E-state index in [-0.39, 0.29) is 18.1 Å². The number of nitrogens with zero attached hydrogens (tertiary/aromatic N) is 1. The van der Waals surface area contributed by atoms with Gasteiger partial charge in [-0.2, -0.15) is 0 Å². The van der Waals surface area contributed by atoms with Crippen molar-refractivity contribution in [1.82, 2.24) is 0 Å². The molecule has 0 saturated heterocycles. The first-order chi connectivity index (χ1) is 7.72. The second kappa shape index (κ2) is 5.72. The number of methoxy groups -OCH3 is 1. The maximum absolute atomic E-state index is 10.9. The van der Waals surface area contributed by atoms with Crippen LogP contribution in [0.4, 0.5) is 11.4 Å². The lowest BCUT2D eigenvalue weighted by Crippen LogP contribution is -2.02. The van der Waals surface area contributed by atoms with Crippen LogP contribution >= 0.6 is 12.4 Å². The van der Waals surface area contributed by atoms with Crippen LogP contribution in [-0.2, 0) is 6.42 Å². The number of benzene rings is 1. The van der Waals surface area contributed by atoms with Gasteiger partial charge in [0.2, 0.25) is 0 Å². The standard InChI is InChI=1S/C11H14N2O3.ClH/c1-16-11-6-8-4-2-3-5-12-9(8)7-10(11)13(14)15;/h6-7,12H,2-5H2,1H3;1H. The highest BCUT2D eigenvalue weighted by Crippen LogP contribution is 2.34. The number of anilines is 1. The number of nitrogens with one attached hydrogen (secondary N) is 1. The molecule has 1 aliphatic rings. The number of rotatable bonds is 2. The summed E-state index contributed by atoms with van der Waals surface area (Å²) in [6, 6.07) is 3.34. The monoisotopic (exact) mass is 258 g/mol. The average molecular weight is 259 g/mol. The molecule has 2 rings (SSSR count). The molecular weight excluding hydrogens is 244 g/mol. The van der Waals surface area contributed by atoms with E-state index in [1.165, 1.54) is 7.11 Å². The number of nitro groups is 1. The molecule has 1 heterocycles. The van der Waals surface area contributed by atoms with Crippen LogP contribution in [0.5, 0.6) is 5.75 Å². The molecule has 5 nitrogen and oxygen atoms in total. The summed E-state index contributed by atoms with van der Waals surface area (Å²) in [5.41, 5.74) is 1.99. The van der Waals surface area contributed by atoms with Gasteiger partial charge in [-0.25, -0.2) is 0 Å². The summed E-state index contributed by atoms with van der Waals surface area (Å²) < 4.78 is 5.04. The van der Waals surface area contributed by atoms with Gasteiger partial charge in [-0.05, 0) is 30.9 Å². The van der Waals surface area contributed by atoms with Crippen molar-refractivity contribution in [1.29, 1.82) is 0 Å². The number of nitro benzene ring substituents is 1. The average Bonchev–Trinajstić information content (AvgIpc) is 2.51. The fourth-order valence-electron chi connectivity index (χ4n) is 1.95. The Kier molecular flexibility index (Phi) is 4.57. The Morgan fingerprint density at radius 1 is 1.41 bits per heavy atom. The Bertz CT molecular complexity index is 423. The summed E-state index contributed by atoms with van der Waals surface area (Å²) in [6.07, 6.45) is 3.13. The van der Waals surface area contributed by atoms with Gasteiger partial charge in [-0.3, -0.25) is 10.1 Å². The maximum atomic E-state index is 10.9. The summed E-state index contributed by atoms with van der Waals surface area (Å²) in [6.45, 7) is 0.872. The van der Waals surface area contributed by atoms with E-state index in [1.54, 1.807) is 12.1 Å². The van der Waals surface area contributed by atoms with Crippen LogP contribution in [0.25, 0.3) is 0 Å². The van der Waals surface area contributed by atoms with E-state index < -0.39 is 4.92 Å². The highest BCUT2D eigenvalue weighted by molar-refractivity contribution is 5.85. The molecule has 94 valence electrons. The van der Waals surface area contributed by atoms with Gasteiger partial charge in [0.1, 0.15) is 0 Å². The lowest BCUT2D eigenvalue weighted by molar-refractivity contribution is -0.385. The van der Waals surface area contributed by atoms with E-state index in [9.17, 15) is 10.1 Å². The largest absolute Gasteiger partial charge is 0.490 e. The van der Waals surface area contributed by atoms with Crippen molar-refractivity contribution in [2.45, 2.75) is 19.3 Å². The van der Waals surface area contributed by atoms with Crippen molar-refractivity contribution < 1.29 is 9.66 Å². The summed E-state index contributed by atoms with van der Waals surface area (Å²) in [4.78, 5) is 10.4. The normalized spacial score (nSPS) is 13.7. The zero-order valence-corrected chi connectivity index (χ0v) is 10.4. The van der Waals surface area contributed by atoms with E-state index in [1.807, 2.05) is 0 Å². The van der Waals surface area contributed by atoms with Gasteiger partial charge in [0.25, 0.3) is 0 Å². The molecule has 0 aliphatic carbocycles. The van der Waals surface area contributed by atoms with Gasteiger partial charge in [-0.15, -0.1) is 12.4 Å². The van der Waals surface area contributed by atoms with Gasteiger partial charge in [-0.1, -0.05) is 0 Å². The van der Waals surface area contributed by atoms with Crippen molar-refractivity contribution >= 4 is 23.8 Å². The van der Waals surface area contributed by atoms with Gasteiger partial charge < -0.3 is 10.1 Å². The number of fused-ring (bicyclic) bond motifs is 1. The smallest absolute Gasteiger partial charge is 0.312 e. The summed E-state index contributed by atoms with van der Waals surface area (Å²) in [7, 11) is 1.46. The molecule has 1 aliphatic heterocycles. The Morgan fingerprint density at radius 2 is 2.18 bits per heavy atom. The summed E-state index contributed by atoms with van der Waals surface area (Å²) in [5.74, 6) is 0.340. The van der Waals surface area contributed by atoms with Crippen LogP contribution in [0.2, 0.25) is 0 Å². The predicted octanol–water partition coefficient (Wildman–Crippen LogP) is 2.77. The first-order valence-electron chi connectivity index (χ1n) is 5.31. The van der Waals surface area contributed by atoms with Gasteiger partial charge in [0.15, 0.2) is 5.75 Å². The molecule has 0 radical (unpaired) electrons. The lowest BCUT2D eigenvalue weighted by Gasteiger charge is -2.09. The van der Waals surface area contributed by atoms with Crippen molar-refractivity contribution in [3.63, 3.8) is 0 Å². The zero-order valence-electron chi connectivity index (χ0n) is 9.56. The first-order valence-corrected chi connectivity index (χ1v) is 5.31. The molecule has 0 aromatic heterocycles. The fourth-order valence-corrected chi connectivity index (χ4v) is 1.95. The van der Waals surface area contributed by atoms with E-state index in [0.29, 0.717) is 5.75 Å². The minimum absolute atomic E-state index is 0. The molecular formula is C11H15ClN2O3. The van der Waals surface area contributed by atoms with Crippen LogP contribution < -0.4 is 10.1 Å². The molecule has 0 bridgehead atoms. The van der Waals surface area contributed by atoms with E-state index in [2.05, 4.69) is 5.32 Å². The van der Waals surface area contributed by atoms with Crippen LogP contribution in [0.15, 0.2) is 12.1 Å². The Labute approximate surface area is 106 Å². The third-order valence-corrected chi connectivity index (χ3v) is 2.79. The maximum Gasteiger partial charge on any atom is 0.312 e. The zero-order chi connectivity index (χ0) is 11.5. The van der Waals surface area contributed by atoms with E-state index in [0.717, 1.165) is 37.1 Å². The lowest BCUT2D eigenvalue weighted by atomic mass is 10.1. The molecule has 6 heteroatoms. The topological polar surface area (TPSA) is 64.4 Å². The Balaban J connectivity index is 0.00000144. The summed E-state index contributed by atoms with van der Waals surface area (Å²) in [5, 5.41) is 14.1. The second-order valence-corrected chi connectivity index (χ2v) is 3.82. The van der Waals surface area contributed by atoms with Gasteiger partial charge in [0, 0.05) is 18.3 Å². The van der Waals surface area contributed by atoms with Gasteiger partial charge >= 0.3 is 5.69 Å². The van der Waals surface area contributed by atoms with Crippen molar-refractivity contribution in [3.05, 3.63) is 27.8 Å². The minimum Gasteiger partial charge on any atom is -0.490 e. The number of aryl methyl sites for hydroxylation is 1. The number of hydrogen-bond acceptors (Lipinski definition) is 4. The molecule has 0 fully saturated rings. The molecule has 0 unspecified atom stereocenters. The molecule has 0 atom stereocenters. The van der Waals surface area contributed by atoms with Gasteiger partial charge in [0.05, 0.1) is 12.0 Å². The predicted molar refractivity (Wildman–Crippen MR) is 68.3 cm³/mol. The third-order valence-electron chi connectivity index (χ3n) is 2.79. The van der Waals surface area contributed by atoms with Crippen molar-refractivity contribution in [3.8, 4) is 5.75 Å². The molecule has 0 saturated carbocycles. The second-order valence-electron chi connectivity index (χ2n) is 3.82. The molecule has 1 aromatic carbocycles. The number of halogens is 1. The quantitative estimate of drug-likeness (QED) is 0.654. The molecule has 0 amide bonds. The van der Waals surface area contributed by atoms with Crippen LogP contribution in [0.1, 0.15) is 18.4 Å². The van der Waals surface area contributed by atoms with Crippen LogP contribution in [0, 0.1) is 10.1 Å². The highest BCUT2D eigenvalue weighted by atomic mass is 35.5. The van der Waals surface area contributed by atoms with Crippen molar-refractivity contribution in [2.75, 3.05) is 19.0 Å². The number of ether oxygens (including phenoxy) is 1. The van der Waals surface area contributed by atoms with Crippen molar-refractivity contribution in [2.24, 2.45) is 0 Å². The van der Waals surface area contributed by atoms with Crippen LogP contribution in [0.3, 0.4) is 0 Å². The summed E-state index contributed by atoms with van der Waals surface area (Å²) >= 11 is 0. The molecule has 1 aromatic rings. The Hall–Kier alpha value is -1.49. The number of hydrogen-bond donors (Lipinski definition) is 1. The molecule has 1 N–H and O–H groups in total. The molecule has 0 spiro atoms. The highest BCUT2D eigenvalue weighted by Gasteiger charge is 2.19. The SMILES string of the molecule is COc1cc2c(cc1[N+](=O)[O-])NCCCC2.Cl. The third kappa shape index (κ3) is 2.79. The van der Waals surface area contributed by atoms with E-state index in [4.69, 9.17) is 4.74 Å². The molecule has 17 heavy (non-hydrogen) atoms. The Morgan fingerprint density at radius 3 is 2.82 bits per heavy atom. The minimum atomic E-state index is -0.411.